The van der Waals surface area contributed by atoms with Crippen LogP contribution in [0.2, 0.25) is 0 Å². The highest BCUT2D eigenvalue weighted by atomic mass is 16.5. The number of carbonyl (C=O) groups excluding carboxylic acids is 1. The Morgan fingerprint density at radius 1 is 1.18 bits per heavy atom. The number of H-pyrrole nitrogens is 1. The van der Waals surface area contributed by atoms with Gasteiger partial charge in [-0.15, -0.1) is 0 Å². The Bertz CT molecular complexity index is 1110. The Balaban J connectivity index is 1.40. The van der Waals surface area contributed by atoms with E-state index < -0.39 is 0 Å². The van der Waals surface area contributed by atoms with Crippen LogP contribution in [0.25, 0.3) is 22.2 Å². The molecule has 2 aromatic heterocycles. The van der Waals surface area contributed by atoms with Crippen LogP contribution in [0, 0.1) is 6.92 Å². The summed E-state index contributed by atoms with van der Waals surface area (Å²) in [5, 5.41) is 8.09. The molecule has 0 saturated carbocycles. The molecule has 0 fully saturated rings. The van der Waals surface area contributed by atoms with Crippen LogP contribution in [-0.4, -0.2) is 29.7 Å². The molecule has 0 bridgehead atoms. The van der Waals surface area contributed by atoms with Gasteiger partial charge in [0.1, 0.15) is 11.4 Å². The Morgan fingerprint density at radius 3 is 2.75 bits per heavy atom. The summed E-state index contributed by atoms with van der Waals surface area (Å²) < 4.78 is 10.4. The number of aromatic nitrogens is 2. The number of rotatable bonds is 6. The van der Waals surface area contributed by atoms with Crippen LogP contribution in [0.3, 0.4) is 0 Å². The molecule has 0 aliphatic carbocycles. The van der Waals surface area contributed by atoms with E-state index in [1.165, 1.54) is 10.9 Å². The second kappa shape index (κ2) is 7.60. The first-order valence-electron chi connectivity index (χ1n) is 9.11. The molecule has 2 N–H and O–H groups in total. The van der Waals surface area contributed by atoms with Crippen molar-refractivity contribution in [3.05, 3.63) is 71.6 Å². The van der Waals surface area contributed by atoms with Gasteiger partial charge in [-0.05, 0) is 49.2 Å². The first-order chi connectivity index (χ1) is 13.7. The highest BCUT2D eigenvalue weighted by Gasteiger charge is 2.14. The van der Waals surface area contributed by atoms with Gasteiger partial charge in [-0.3, -0.25) is 4.79 Å². The zero-order valence-corrected chi connectivity index (χ0v) is 15.8. The molecule has 0 spiro atoms. The average molecular weight is 375 g/mol. The molecule has 4 rings (SSSR count). The fourth-order valence-corrected chi connectivity index (χ4v) is 3.33. The van der Waals surface area contributed by atoms with Gasteiger partial charge in [0.2, 0.25) is 5.76 Å². The second-order valence-electron chi connectivity index (χ2n) is 6.58. The molecule has 4 aromatic rings. The quantitative estimate of drug-likeness (QED) is 0.531. The van der Waals surface area contributed by atoms with Crippen LogP contribution in [0.15, 0.2) is 59.1 Å². The lowest BCUT2D eigenvalue weighted by molar-refractivity contribution is 0.0917. The lowest BCUT2D eigenvalue weighted by atomic mass is 10.1. The van der Waals surface area contributed by atoms with Gasteiger partial charge in [0.05, 0.1) is 7.11 Å². The normalized spacial score (nSPS) is 10.9. The fraction of sp³-hybridized carbons (Fsp3) is 0.182. The van der Waals surface area contributed by atoms with Crippen LogP contribution >= 0.6 is 0 Å². The third-order valence-corrected chi connectivity index (χ3v) is 4.81. The van der Waals surface area contributed by atoms with Crippen LogP contribution < -0.4 is 10.1 Å². The van der Waals surface area contributed by atoms with Gasteiger partial charge in [-0.2, -0.15) is 0 Å². The van der Waals surface area contributed by atoms with Crippen molar-refractivity contribution in [2.24, 2.45) is 0 Å². The molecular weight excluding hydrogens is 354 g/mol. The van der Waals surface area contributed by atoms with Crippen LogP contribution in [-0.2, 0) is 6.42 Å². The summed E-state index contributed by atoms with van der Waals surface area (Å²) in [4.78, 5) is 15.8. The molecule has 2 aromatic carbocycles. The average Bonchev–Trinajstić information content (AvgIpc) is 3.33. The van der Waals surface area contributed by atoms with Gasteiger partial charge < -0.3 is 19.6 Å². The number of aromatic amines is 1. The predicted octanol–water partition coefficient (Wildman–Crippen LogP) is 4.11. The molecule has 2 heterocycles. The monoisotopic (exact) mass is 375 g/mol. The topological polar surface area (TPSA) is 80.1 Å². The maximum Gasteiger partial charge on any atom is 0.289 e. The minimum Gasteiger partial charge on any atom is -0.497 e. The van der Waals surface area contributed by atoms with E-state index in [0.717, 1.165) is 28.9 Å². The number of hydrogen-bond acceptors (Lipinski definition) is 4. The molecule has 0 atom stereocenters. The van der Waals surface area contributed by atoms with Gasteiger partial charge in [0.15, 0.2) is 0 Å². The highest BCUT2D eigenvalue weighted by molar-refractivity contribution is 5.92. The second-order valence-corrected chi connectivity index (χ2v) is 6.58. The van der Waals surface area contributed by atoms with Crippen molar-refractivity contribution < 1.29 is 14.1 Å². The van der Waals surface area contributed by atoms with Crippen LogP contribution in [0.1, 0.15) is 21.8 Å². The molecule has 0 radical (unpaired) electrons. The van der Waals surface area contributed by atoms with Crippen molar-refractivity contribution in [1.82, 2.24) is 15.5 Å². The Morgan fingerprint density at radius 2 is 1.96 bits per heavy atom. The SMILES string of the molecule is COc1ccc(-c2cc(C(=O)NCCc3c(C)[nH]c4ccccc34)on2)cc1. The Labute approximate surface area is 162 Å². The van der Waals surface area contributed by atoms with E-state index >= 15 is 0 Å². The molecule has 28 heavy (non-hydrogen) atoms. The highest BCUT2D eigenvalue weighted by Crippen LogP contribution is 2.23. The lowest BCUT2D eigenvalue weighted by Gasteiger charge is -2.03. The number of methoxy groups -OCH3 is 1. The van der Waals surface area contributed by atoms with Gasteiger partial charge in [0, 0.05) is 34.8 Å². The standard InChI is InChI=1S/C22H21N3O3/c1-14-17(18-5-3-4-6-19(18)24-14)11-12-23-22(26)21-13-20(25-28-21)15-7-9-16(27-2)10-8-15/h3-10,13,24H,11-12H2,1-2H3,(H,23,26). The minimum atomic E-state index is -0.273. The number of benzene rings is 2. The molecule has 0 unspecified atom stereocenters. The van der Waals surface area contributed by atoms with E-state index in [-0.39, 0.29) is 11.7 Å². The summed E-state index contributed by atoms with van der Waals surface area (Å²) in [5.41, 5.74) is 4.92. The molecule has 1 amide bonds. The number of aryl methyl sites for hydroxylation is 1. The van der Waals surface area contributed by atoms with E-state index in [1.54, 1.807) is 13.2 Å². The molecule has 0 aliphatic rings. The summed E-state index contributed by atoms with van der Waals surface area (Å²) in [6.07, 6.45) is 0.737. The summed E-state index contributed by atoms with van der Waals surface area (Å²) in [7, 11) is 1.62. The number of amides is 1. The van der Waals surface area contributed by atoms with E-state index in [1.807, 2.05) is 36.4 Å². The van der Waals surface area contributed by atoms with Gasteiger partial charge in [-0.1, -0.05) is 23.4 Å². The molecule has 142 valence electrons. The zero-order chi connectivity index (χ0) is 19.5. The summed E-state index contributed by atoms with van der Waals surface area (Å²) >= 11 is 0. The van der Waals surface area contributed by atoms with E-state index in [2.05, 4.69) is 34.5 Å². The number of nitrogens with one attached hydrogen (secondary N) is 2. The van der Waals surface area contributed by atoms with Crippen molar-refractivity contribution in [2.45, 2.75) is 13.3 Å². The van der Waals surface area contributed by atoms with Gasteiger partial charge in [-0.25, -0.2) is 0 Å². The Kier molecular flexibility index (Phi) is 4.85. The van der Waals surface area contributed by atoms with Crippen molar-refractivity contribution in [1.29, 1.82) is 0 Å². The Hall–Kier alpha value is -3.54. The third kappa shape index (κ3) is 3.49. The maximum atomic E-state index is 12.4. The molecule has 0 saturated heterocycles. The van der Waals surface area contributed by atoms with Crippen LogP contribution in [0.5, 0.6) is 5.75 Å². The van der Waals surface area contributed by atoms with E-state index in [9.17, 15) is 4.79 Å². The van der Waals surface area contributed by atoms with Crippen LogP contribution in [0.4, 0.5) is 0 Å². The minimum absolute atomic E-state index is 0.196. The van der Waals surface area contributed by atoms with Crippen molar-refractivity contribution in [3.8, 4) is 17.0 Å². The number of ether oxygens (including phenoxy) is 1. The first-order valence-corrected chi connectivity index (χ1v) is 9.11. The smallest absolute Gasteiger partial charge is 0.289 e. The number of carbonyl (C=O) groups is 1. The number of nitrogens with zero attached hydrogens (tertiary/aromatic N) is 1. The largest absolute Gasteiger partial charge is 0.497 e. The van der Waals surface area contributed by atoms with Gasteiger partial charge >= 0.3 is 0 Å². The summed E-state index contributed by atoms with van der Waals surface area (Å²) in [5.74, 6) is 0.684. The van der Waals surface area contributed by atoms with Gasteiger partial charge in [0.25, 0.3) is 5.91 Å². The summed E-state index contributed by atoms with van der Waals surface area (Å²) in [6.45, 7) is 2.56. The van der Waals surface area contributed by atoms with Crippen molar-refractivity contribution in [2.75, 3.05) is 13.7 Å². The zero-order valence-electron chi connectivity index (χ0n) is 15.8. The lowest BCUT2D eigenvalue weighted by Crippen LogP contribution is -2.25. The number of para-hydroxylation sites is 1. The third-order valence-electron chi connectivity index (χ3n) is 4.81. The first kappa shape index (κ1) is 17.9. The summed E-state index contributed by atoms with van der Waals surface area (Å²) in [6, 6.07) is 17.2. The van der Waals surface area contributed by atoms with E-state index in [0.29, 0.717) is 12.2 Å². The van der Waals surface area contributed by atoms with Crippen molar-refractivity contribution >= 4 is 16.8 Å². The molecule has 6 nitrogen and oxygen atoms in total. The van der Waals surface area contributed by atoms with E-state index in [4.69, 9.17) is 9.26 Å². The fourth-order valence-electron chi connectivity index (χ4n) is 3.33. The number of hydrogen-bond donors (Lipinski definition) is 2. The molecule has 6 heteroatoms. The predicted molar refractivity (Wildman–Crippen MR) is 108 cm³/mol. The van der Waals surface area contributed by atoms with Crippen molar-refractivity contribution in [3.63, 3.8) is 0 Å². The molecule has 0 aliphatic heterocycles. The maximum absolute atomic E-state index is 12.4. The number of fused-ring (bicyclic) bond motifs is 1. The molecular formula is C22H21N3O3.